The molecule has 1 aromatic rings. The Hall–Kier alpha value is -2.41. The van der Waals surface area contributed by atoms with Crippen molar-refractivity contribution >= 4 is 17.8 Å². The van der Waals surface area contributed by atoms with E-state index in [9.17, 15) is 14.4 Å². The lowest BCUT2D eigenvalue weighted by molar-refractivity contribution is -0.160. The van der Waals surface area contributed by atoms with E-state index in [2.05, 4.69) is 0 Å². The summed E-state index contributed by atoms with van der Waals surface area (Å²) in [6.07, 6.45) is -0.807. The quantitative estimate of drug-likeness (QED) is 0.865. The molecular weight excluding hydrogens is 324 g/mol. The van der Waals surface area contributed by atoms with Gasteiger partial charge in [0.1, 0.15) is 0 Å². The third kappa shape index (κ3) is 3.99. The van der Waals surface area contributed by atoms with Gasteiger partial charge in [-0.15, -0.1) is 0 Å². The Morgan fingerprint density at radius 1 is 1.24 bits per heavy atom. The van der Waals surface area contributed by atoms with Gasteiger partial charge in [-0.05, 0) is 12.5 Å². The molecule has 0 radical (unpaired) electrons. The number of ether oxygens (including phenoxy) is 1. The van der Waals surface area contributed by atoms with E-state index in [4.69, 9.17) is 9.84 Å². The molecule has 2 saturated heterocycles. The van der Waals surface area contributed by atoms with Crippen LogP contribution in [0, 0.1) is 12.8 Å². The molecule has 0 spiro atoms. The molecule has 2 aliphatic heterocycles. The number of hydrogen-bond donors (Lipinski definition) is 1. The summed E-state index contributed by atoms with van der Waals surface area (Å²) >= 11 is 0. The van der Waals surface area contributed by atoms with Crippen molar-refractivity contribution in [1.29, 1.82) is 0 Å². The lowest BCUT2D eigenvalue weighted by atomic mass is 10.1. The molecule has 1 N–H and O–H groups in total. The monoisotopic (exact) mass is 346 g/mol. The van der Waals surface area contributed by atoms with E-state index in [-0.39, 0.29) is 31.4 Å². The highest BCUT2D eigenvalue weighted by molar-refractivity contribution is 5.89. The van der Waals surface area contributed by atoms with Gasteiger partial charge in [0.2, 0.25) is 11.8 Å². The maximum atomic E-state index is 12.7. The maximum absolute atomic E-state index is 12.7. The Balaban J connectivity index is 1.60. The Morgan fingerprint density at radius 3 is 2.64 bits per heavy atom. The second-order valence-corrected chi connectivity index (χ2v) is 6.64. The first-order chi connectivity index (χ1) is 11.9. The number of aryl methyl sites for hydroxylation is 1. The number of carboxylic acids is 1. The smallest absolute Gasteiger partial charge is 0.334 e. The number of carbonyl (C=O) groups is 3. The van der Waals surface area contributed by atoms with Crippen molar-refractivity contribution in [2.75, 3.05) is 26.2 Å². The van der Waals surface area contributed by atoms with Crippen molar-refractivity contribution in [2.24, 2.45) is 5.92 Å². The van der Waals surface area contributed by atoms with E-state index in [1.807, 2.05) is 31.2 Å². The van der Waals surface area contributed by atoms with Crippen LogP contribution in [-0.2, 0) is 25.7 Å². The van der Waals surface area contributed by atoms with Crippen molar-refractivity contribution in [3.05, 3.63) is 35.4 Å². The largest absolute Gasteiger partial charge is 0.479 e. The molecule has 134 valence electrons. The molecule has 7 heteroatoms. The molecular formula is C18H22N2O5. The first-order valence-electron chi connectivity index (χ1n) is 8.40. The predicted molar refractivity (Wildman–Crippen MR) is 88.7 cm³/mol. The summed E-state index contributed by atoms with van der Waals surface area (Å²) in [6.45, 7) is 3.48. The molecule has 0 saturated carbocycles. The molecule has 25 heavy (non-hydrogen) atoms. The number of carbonyl (C=O) groups excluding carboxylic acids is 2. The van der Waals surface area contributed by atoms with Crippen molar-refractivity contribution in [3.63, 3.8) is 0 Å². The van der Waals surface area contributed by atoms with Crippen molar-refractivity contribution in [3.8, 4) is 0 Å². The molecule has 2 amide bonds. The van der Waals surface area contributed by atoms with Crippen LogP contribution in [0.4, 0.5) is 0 Å². The van der Waals surface area contributed by atoms with Crippen molar-refractivity contribution in [1.82, 2.24) is 9.80 Å². The number of morpholine rings is 1. The van der Waals surface area contributed by atoms with Crippen LogP contribution in [0.5, 0.6) is 0 Å². The third-order valence-corrected chi connectivity index (χ3v) is 4.71. The number of carboxylic acid groups (broad SMARTS) is 1. The van der Waals surface area contributed by atoms with Crippen LogP contribution in [0.25, 0.3) is 0 Å². The first kappa shape index (κ1) is 17.4. The van der Waals surface area contributed by atoms with Gasteiger partial charge in [-0.2, -0.15) is 0 Å². The molecule has 1 aromatic carbocycles. The number of nitrogens with zero attached hydrogens (tertiary/aromatic N) is 2. The van der Waals surface area contributed by atoms with Gasteiger partial charge in [0.25, 0.3) is 0 Å². The summed E-state index contributed by atoms with van der Waals surface area (Å²) in [6, 6.07) is 7.96. The molecule has 0 unspecified atom stereocenters. The maximum Gasteiger partial charge on any atom is 0.334 e. The van der Waals surface area contributed by atoms with E-state index in [1.165, 1.54) is 4.90 Å². The lowest BCUT2D eigenvalue weighted by Crippen LogP contribution is -2.50. The standard InChI is InChI=1S/C18H22N2O5/c1-12-2-4-13(5-3-12)9-20-10-14(8-16(20)21)17(22)19-6-7-25-15(11-19)18(23)24/h2-5,14-15H,6-11H2,1H3,(H,23,24)/t14-,15+/m0/s1. The van der Waals surface area contributed by atoms with Crippen LogP contribution in [0.3, 0.4) is 0 Å². The summed E-state index contributed by atoms with van der Waals surface area (Å²) < 4.78 is 5.14. The molecule has 2 aliphatic rings. The summed E-state index contributed by atoms with van der Waals surface area (Å²) in [5, 5.41) is 9.05. The number of amides is 2. The van der Waals surface area contributed by atoms with Crippen LogP contribution in [0.15, 0.2) is 24.3 Å². The van der Waals surface area contributed by atoms with Crippen molar-refractivity contribution < 1.29 is 24.2 Å². The fourth-order valence-corrected chi connectivity index (χ4v) is 3.26. The third-order valence-electron chi connectivity index (χ3n) is 4.71. The molecule has 2 fully saturated rings. The highest BCUT2D eigenvalue weighted by atomic mass is 16.5. The second kappa shape index (κ2) is 7.23. The van der Waals surface area contributed by atoms with Crippen LogP contribution >= 0.6 is 0 Å². The van der Waals surface area contributed by atoms with Gasteiger partial charge < -0.3 is 19.6 Å². The van der Waals surface area contributed by atoms with Gasteiger partial charge in [-0.3, -0.25) is 9.59 Å². The van der Waals surface area contributed by atoms with Gasteiger partial charge in [0.15, 0.2) is 6.10 Å². The second-order valence-electron chi connectivity index (χ2n) is 6.64. The Bertz CT molecular complexity index is 673. The normalized spacial score (nSPS) is 23.8. The molecule has 0 bridgehead atoms. The fraction of sp³-hybridized carbons (Fsp3) is 0.500. The van der Waals surface area contributed by atoms with E-state index in [1.54, 1.807) is 4.90 Å². The summed E-state index contributed by atoms with van der Waals surface area (Å²) in [7, 11) is 0. The first-order valence-corrected chi connectivity index (χ1v) is 8.40. The zero-order valence-corrected chi connectivity index (χ0v) is 14.2. The van der Waals surface area contributed by atoms with Gasteiger partial charge in [0, 0.05) is 26.1 Å². The van der Waals surface area contributed by atoms with Gasteiger partial charge >= 0.3 is 5.97 Å². The molecule has 2 heterocycles. The zero-order valence-electron chi connectivity index (χ0n) is 14.2. The van der Waals surface area contributed by atoms with Crippen molar-refractivity contribution in [2.45, 2.75) is 26.0 Å². The summed E-state index contributed by atoms with van der Waals surface area (Å²) in [5.41, 5.74) is 2.19. The average molecular weight is 346 g/mol. The van der Waals surface area contributed by atoms with E-state index in [0.717, 1.165) is 11.1 Å². The Labute approximate surface area is 146 Å². The Morgan fingerprint density at radius 2 is 1.96 bits per heavy atom. The van der Waals surface area contributed by atoms with Crippen LogP contribution in [-0.4, -0.2) is 65.0 Å². The zero-order chi connectivity index (χ0) is 18.0. The number of aliphatic carboxylic acids is 1. The van der Waals surface area contributed by atoms with Gasteiger partial charge in [-0.1, -0.05) is 29.8 Å². The number of benzene rings is 1. The minimum Gasteiger partial charge on any atom is -0.479 e. The fourth-order valence-electron chi connectivity index (χ4n) is 3.26. The highest BCUT2D eigenvalue weighted by Crippen LogP contribution is 2.23. The molecule has 2 atom stereocenters. The van der Waals surface area contributed by atoms with E-state index >= 15 is 0 Å². The number of rotatable bonds is 4. The molecule has 3 rings (SSSR count). The highest BCUT2D eigenvalue weighted by Gasteiger charge is 2.38. The van der Waals surface area contributed by atoms with E-state index < -0.39 is 18.0 Å². The van der Waals surface area contributed by atoms with Crippen LogP contribution in [0.1, 0.15) is 17.5 Å². The molecule has 7 nitrogen and oxygen atoms in total. The average Bonchev–Trinajstić information content (AvgIpc) is 2.97. The topological polar surface area (TPSA) is 87.2 Å². The number of likely N-dealkylation sites (tertiary alicyclic amines) is 1. The Kier molecular flexibility index (Phi) is 5.03. The van der Waals surface area contributed by atoms with Gasteiger partial charge in [0.05, 0.1) is 19.1 Å². The lowest BCUT2D eigenvalue weighted by Gasteiger charge is -2.32. The SMILES string of the molecule is Cc1ccc(CN2C[C@@H](C(=O)N3CCO[C@@H](C(=O)O)C3)CC2=O)cc1. The van der Waals surface area contributed by atoms with Crippen LogP contribution in [0.2, 0.25) is 0 Å². The van der Waals surface area contributed by atoms with Crippen LogP contribution < -0.4 is 0 Å². The molecule has 0 aliphatic carbocycles. The molecule has 0 aromatic heterocycles. The summed E-state index contributed by atoms with van der Waals surface area (Å²) in [4.78, 5) is 39.2. The number of hydrogen-bond acceptors (Lipinski definition) is 4. The van der Waals surface area contributed by atoms with Gasteiger partial charge in [-0.25, -0.2) is 4.79 Å². The van der Waals surface area contributed by atoms with E-state index in [0.29, 0.717) is 19.6 Å². The minimum atomic E-state index is -1.07. The summed E-state index contributed by atoms with van der Waals surface area (Å²) in [5.74, 6) is -1.68. The predicted octanol–water partition coefficient (Wildman–Crippen LogP) is 0.656. The minimum absolute atomic E-state index is 0.0385.